The first-order valence-corrected chi connectivity index (χ1v) is 12.4. The summed E-state index contributed by atoms with van der Waals surface area (Å²) in [5, 5.41) is 0. The first-order chi connectivity index (χ1) is 15.2. The maximum absolute atomic E-state index is 13.0. The number of carbonyl (C=O) groups is 1. The molecular formula is C25H28N2O4S. The lowest BCUT2D eigenvalue weighted by molar-refractivity contribution is 0.0692. The van der Waals surface area contributed by atoms with E-state index in [2.05, 4.69) is 43.0 Å². The molecule has 0 saturated carbocycles. The number of nitrogens with zero attached hydrogens (tertiary/aromatic N) is 2. The summed E-state index contributed by atoms with van der Waals surface area (Å²) in [6.07, 6.45) is 0. The average Bonchev–Trinajstić information content (AvgIpc) is 3.22. The van der Waals surface area contributed by atoms with Crippen LogP contribution < -0.4 is 4.90 Å². The van der Waals surface area contributed by atoms with Gasteiger partial charge in [-0.05, 0) is 57.2 Å². The van der Waals surface area contributed by atoms with Crippen LogP contribution in [0, 0.1) is 13.8 Å². The minimum atomic E-state index is -3.54. The SMILES string of the molecule is Cc1ccc(N2CCN(C(=O)c3ccc(CS(=O)(=O)c4ccc(C)cc4)o3)CC2C)cc1. The molecule has 1 aromatic heterocycles. The summed E-state index contributed by atoms with van der Waals surface area (Å²) in [5.74, 6) is -0.0456. The summed E-state index contributed by atoms with van der Waals surface area (Å²) in [7, 11) is -3.54. The van der Waals surface area contributed by atoms with E-state index in [0.717, 1.165) is 17.8 Å². The Hall–Kier alpha value is -3.06. The molecule has 4 rings (SSSR count). The van der Waals surface area contributed by atoms with Crippen LogP contribution in [0.1, 0.15) is 34.4 Å². The zero-order valence-corrected chi connectivity index (χ0v) is 19.4. The lowest BCUT2D eigenvalue weighted by Crippen LogP contribution is -2.53. The van der Waals surface area contributed by atoms with Crippen molar-refractivity contribution in [3.63, 3.8) is 0 Å². The molecule has 1 aliphatic rings. The minimum absolute atomic E-state index is 0.159. The number of piperazine rings is 1. The van der Waals surface area contributed by atoms with Crippen molar-refractivity contribution in [2.75, 3.05) is 24.5 Å². The smallest absolute Gasteiger partial charge is 0.289 e. The van der Waals surface area contributed by atoms with Crippen molar-refractivity contribution in [1.29, 1.82) is 0 Å². The Morgan fingerprint density at radius 1 is 0.938 bits per heavy atom. The first-order valence-electron chi connectivity index (χ1n) is 10.7. The molecule has 1 atom stereocenters. The van der Waals surface area contributed by atoms with E-state index in [1.165, 1.54) is 5.56 Å². The van der Waals surface area contributed by atoms with Crippen LogP contribution in [0.2, 0.25) is 0 Å². The predicted octanol–water partition coefficient (Wildman–Crippen LogP) is 4.22. The van der Waals surface area contributed by atoms with Gasteiger partial charge in [0, 0.05) is 31.4 Å². The van der Waals surface area contributed by atoms with Crippen LogP contribution in [0.3, 0.4) is 0 Å². The number of aryl methyl sites for hydroxylation is 2. The molecule has 1 amide bonds. The molecule has 1 unspecified atom stereocenters. The lowest BCUT2D eigenvalue weighted by Gasteiger charge is -2.41. The fourth-order valence-corrected chi connectivity index (χ4v) is 5.25. The molecule has 0 aliphatic carbocycles. The van der Waals surface area contributed by atoms with Gasteiger partial charge < -0.3 is 14.2 Å². The minimum Gasteiger partial charge on any atom is -0.455 e. The maximum atomic E-state index is 13.0. The van der Waals surface area contributed by atoms with Crippen molar-refractivity contribution >= 4 is 21.4 Å². The summed E-state index contributed by atoms with van der Waals surface area (Å²) in [6.45, 7) is 7.95. The summed E-state index contributed by atoms with van der Waals surface area (Å²) >= 11 is 0. The number of carbonyl (C=O) groups excluding carboxylic acids is 1. The average molecular weight is 453 g/mol. The van der Waals surface area contributed by atoms with E-state index in [1.54, 1.807) is 41.3 Å². The standard InChI is InChI=1S/C25H28N2O4S/c1-18-4-8-21(9-5-18)27-15-14-26(16-20(27)3)25(28)24-13-10-22(31-24)17-32(29,30)23-11-6-19(2)7-12-23/h4-13,20H,14-17H2,1-3H3. The predicted molar refractivity (Wildman–Crippen MR) is 125 cm³/mol. The first kappa shape index (κ1) is 22.1. The number of hydrogen-bond donors (Lipinski definition) is 0. The van der Waals surface area contributed by atoms with Crippen molar-refractivity contribution in [3.05, 3.63) is 83.3 Å². The lowest BCUT2D eigenvalue weighted by atomic mass is 10.1. The molecule has 0 N–H and O–H groups in total. The van der Waals surface area contributed by atoms with Gasteiger partial charge in [-0.25, -0.2) is 8.42 Å². The Kier molecular flexibility index (Phi) is 6.11. The van der Waals surface area contributed by atoms with Crippen molar-refractivity contribution in [2.45, 2.75) is 37.5 Å². The molecule has 32 heavy (non-hydrogen) atoms. The second-order valence-corrected chi connectivity index (χ2v) is 10.5. The van der Waals surface area contributed by atoms with Crippen molar-refractivity contribution in [3.8, 4) is 0 Å². The summed E-state index contributed by atoms with van der Waals surface area (Å²) in [5.41, 5.74) is 3.36. The Morgan fingerprint density at radius 3 is 2.19 bits per heavy atom. The van der Waals surface area contributed by atoms with E-state index >= 15 is 0 Å². The topological polar surface area (TPSA) is 70.8 Å². The van der Waals surface area contributed by atoms with E-state index in [0.29, 0.717) is 13.1 Å². The summed E-state index contributed by atoms with van der Waals surface area (Å²) in [4.78, 5) is 17.3. The molecule has 1 aliphatic heterocycles. The monoisotopic (exact) mass is 452 g/mol. The third-order valence-corrected chi connectivity index (χ3v) is 7.52. The van der Waals surface area contributed by atoms with E-state index in [9.17, 15) is 13.2 Å². The fraction of sp³-hybridized carbons (Fsp3) is 0.320. The molecule has 2 heterocycles. The Morgan fingerprint density at radius 2 is 1.56 bits per heavy atom. The van der Waals surface area contributed by atoms with Gasteiger partial charge in [-0.1, -0.05) is 35.4 Å². The van der Waals surface area contributed by atoms with Crippen LogP contribution in [0.4, 0.5) is 5.69 Å². The molecule has 1 fully saturated rings. The third-order valence-electron chi connectivity index (χ3n) is 5.87. The Labute approximate surface area is 189 Å². The second-order valence-electron chi connectivity index (χ2n) is 8.47. The van der Waals surface area contributed by atoms with Gasteiger partial charge in [0.05, 0.1) is 4.90 Å². The largest absolute Gasteiger partial charge is 0.455 e. The van der Waals surface area contributed by atoms with Crippen molar-refractivity contribution < 1.29 is 17.6 Å². The molecule has 6 nitrogen and oxygen atoms in total. The van der Waals surface area contributed by atoms with Crippen LogP contribution in [-0.2, 0) is 15.6 Å². The van der Waals surface area contributed by atoms with E-state index in [-0.39, 0.29) is 34.1 Å². The van der Waals surface area contributed by atoms with Crippen molar-refractivity contribution in [2.24, 2.45) is 0 Å². The Balaban J connectivity index is 1.41. The highest BCUT2D eigenvalue weighted by Gasteiger charge is 2.29. The van der Waals surface area contributed by atoms with Gasteiger partial charge in [0.1, 0.15) is 11.5 Å². The molecule has 0 bridgehead atoms. The van der Waals surface area contributed by atoms with Crippen LogP contribution >= 0.6 is 0 Å². The zero-order valence-electron chi connectivity index (χ0n) is 18.6. The number of rotatable bonds is 5. The maximum Gasteiger partial charge on any atom is 0.289 e. The number of amides is 1. The van der Waals surface area contributed by atoms with Crippen molar-refractivity contribution in [1.82, 2.24) is 4.90 Å². The normalized spacial score (nSPS) is 16.9. The van der Waals surface area contributed by atoms with Crippen LogP contribution in [-0.4, -0.2) is 44.9 Å². The zero-order chi connectivity index (χ0) is 22.9. The van der Waals surface area contributed by atoms with Crippen LogP contribution in [0.5, 0.6) is 0 Å². The number of benzene rings is 2. The molecular weight excluding hydrogens is 424 g/mol. The number of furan rings is 1. The molecule has 168 valence electrons. The quantitative estimate of drug-likeness (QED) is 0.580. The van der Waals surface area contributed by atoms with Gasteiger partial charge in [-0.2, -0.15) is 0 Å². The molecule has 1 saturated heterocycles. The molecule has 0 radical (unpaired) electrons. The van der Waals surface area contributed by atoms with Gasteiger partial charge in [0.15, 0.2) is 15.6 Å². The highest BCUT2D eigenvalue weighted by atomic mass is 32.2. The molecule has 2 aromatic carbocycles. The highest BCUT2D eigenvalue weighted by Crippen LogP contribution is 2.23. The third kappa shape index (κ3) is 4.72. The molecule has 7 heteroatoms. The van der Waals surface area contributed by atoms with Crippen LogP contribution in [0.15, 0.2) is 70.0 Å². The summed E-state index contributed by atoms with van der Waals surface area (Å²) in [6, 6.07) is 18.4. The van der Waals surface area contributed by atoms with E-state index < -0.39 is 9.84 Å². The van der Waals surface area contributed by atoms with Crippen LogP contribution in [0.25, 0.3) is 0 Å². The van der Waals surface area contributed by atoms with E-state index in [1.807, 2.05) is 6.92 Å². The summed E-state index contributed by atoms with van der Waals surface area (Å²) < 4.78 is 31.0. The van der Waals surface area contributed by atoms with Gasteiger partial charge in [0.2, 0.25) is 0 Å². The highest BCUT2D eigenvalue weighted by molar-refractivity contribution is 7.90. The fourth-order valence-electron chi connectivity index (χ4n) is 4.00. The van der Waals surface area contributed by atoms with Gasteiger partial charge in [-0.15, -0.1) is 0 Å². The molecule has 0 spiro atoms. The number of anilines is 1. The molecule has 3 aromatic rings. The van der Waals surface area contributed by atoms with Gasteiger partial charge in [-0.3, -0.25) is 4.79 Å². The Bertz CT molecular complexity index is 1200. The second kappa shape index (κ2) is 8.82. The number of sulfone groups is 1. The van der Waals surface area contributed by atoms with Gasteiger partial charge >= 0.3 is 0 Å². The van der Waals surface area contributed by atoms with E-state index in [4.69, 9.17) is 4.42 Å². The van der Waals surface area contributed by atoms with Gasteiger partial charge in [0.25, 0.3) is 5.91 Å². The number of hydrogen-bond acceptors (Lipinski definition) is 5.